The third-order valence-electron chi connectivity index (χ3n) is 7.32. The molecule has 0 bridgehead atoms. The molecule has 176 valence electrons. The molecular formula is C26H48O4. The summed E-state index contributed by atoms with van der Waals surface area (Å²) >= 11 is 0. The molecule has 1 saturated carbocycles. The molecule has 3 atom stereocenters. The lowest BCUT2D eigenvalue weighted by molar-refractivity contribution is -0.143. The number of unbranched alkanes of at least 4 members (excludes halogenated alkanes) is 4. The Bertz CT molecular complexity index is 525. The van der Waals surface area contributed by atoms with Crippen molar-refractivity contribution in [2.75, 3.05) is 6.61 Å². The van der Waals surface area contributed by atoms with Crippen molar-refractivity contribution in [3.63, 3.8) is 0 Å². The summed E-state index contributed by atoms with van der Waals surface area (Å²) in [5, 5.41) is 21.9. The maximum absolute atomic E-state index is 11.4. The standard InChI is InChI=1S/C26H48O4/c1-6-9-19-25(4,5)26(29,7-2)20-18-21-16-17-23(27)22(21)14-12-10-11-13-15-24(28)30-8-3/h18,22-23,27,29H,6-17,19-20H2,1-5H3/t22-,23+,26?/m1/s1. The maximum Gasteiger partial charge on any atom is 0.305 e. The molecule has 4 nitrogen and oxygen atoms in total. The zero-order chi connectivity index (χ0) is 22.6. The quantitative estimate of drug-likeness (QED) is 0.183. The molecule has 1 fully saturated rings. The molecule has 30 heavy (non-hydrogen) atoms. The number of rotatable bonds is 15. The van der Waals surface area contributed by atoms with E-state index in [9.17, 15) is 15.0 Å². The second-order valence-corrected chi connectivity index (χ2v) is 9.83. The summed E-state index contributed by atoms with van der Waals surface area (Å²) in [5.41, 5.74) is 0.535. The predicted molar refractivity (Wildman–Crippen MR) is 124 cm³/mol. The van der Waals surface area contributed by atoms with Crippen LogP contribution in [-0.4, -0.2) is 34.5 Å². The van der Waals surface area contributed by atoms with E-state index < -0.39 is 5.60 Å². The number of ether oxygens (including phenoxy) is 1. The van der Waals surface area contributed by atoms with Crippen molar-refractivity contribution in [3.05, 3.63) is 11.6 Å². The molecule has 0 amide bonds. The van der Waals surface area contributed by atoms with Gasteiger partial charge >= 0.3 is 5.97 Å². The summed E-state index contributed by atoms with van der Waals surface area (Å²) in [6.07, 6.45) is 14.1. The topological polar surface area (TPSA) is 66.8 Å². The summed E-state index contributed by atoms with van der Waals surface area (Å²) in [5.74, 6) is 0.133. The highest BCUT2D eigenvalue weighted by atomic mass is 16.5. The first-order chi connectivity index (χ1) is 14.2. The van der Waals surface area contributed by atoms with E-state index in [1.54, 1.807) is 0 Å². The average molecular weight is 425 g/mol. The van der Waals surface area contributed by atoms with E-state index in [1.807, 2.05) is 6.92 Å². The van der Waals surface area contributed by atoms with E-state index in [2.05, 4.69) is 33.8 Å². The number of aliphatic hydroxyl groups is 2. The van der Waals surface area contributed by atoms with Crippen molar-refractivity contribution < 1.29 is 19.7 Å². The van der Waals surface area contributed by atoms with E-state index in [-0.39, 0.29) is 23.4 Å². The molecule has 0 spiro atoms. The van der Waals surface area contributed by atoms with Crippen LogP contribution in [0.25, 0.3) is 0 Å². The monoisotopic (exact) mass is 424 g/mol. The van der Waals surface area contributed by atoms with Crippen LogP contribution in [0.1, 0.15) is 118 Å². The Morgan fingerprint density at radius 3 is 2.47 bits per heavy atom. The molecule has 1 rings (SSSR count). The van der Waals surface area contributed by atoms with Gasteiger partial charge in [-0.05, 0) is 57.3 Å². The van der Waals surface area contributed by atoms with Crippen LogP contribution in [0.2, 0.25) is 0 Å². The minimum absolute atomic E-state index is 0.0980. The zero-order valence-electron chi connectivity index (χ0n) is 20.3. The Morgan fingerprint density at radius 1 is 1.13 bits per heavy atom. The molecular weight excluding hydrogens is 376 g/mol. The number of hydrogen-bond donors (Lipinski definition) is 2. The van der Waals surface area contributed by atoms with E-state index >= 15 is 0 Å². The van der Waals surface area contributed by atoms with Gasteiger partial charge < -0.3 is 14.9 Å². The van der Waals surface area contributed by atoms with Crippen LogP contribution in [0.15, 0.2) is 11.6 Å². The largest absolute Gasteiger partial charge is 0.466 e. The number of aliphatic hydroxyl groups excluding tert-OH is 1. The van der Waals surface area contributed by atoms with Gasteiger partial charge in [-0.2, -0.15) is 0 Å². The summed E-state index contributed by atoms with van der Waals surface area (Å²) in [6, 6.07) is 0. The minimum atomic E-state index is -0.694. The molecule has 0 saturated heterocycles. The molecule has 0 aliphatic heterocycles. The van der Waals surface area contributed by atoms with Crippen molar-refractivity contribution in [3.8, 4) is 0 Å². The van der Waals surface area contributed by atoms with Crippen LogP contribution in [0.5, 0.6) is 0 Å². The van der Waals surface area contributed by atoms with Gasteiger partial charge in [0.15, 0.2) is 0 Å². The fourth-order valence-electron chi connectivity index (χ4n) is 4.85. The highest BCUT2D eigenvalue weighted by Gasteiger charge is 2.41. The van der Waals surface area contributed by atoms with E-state index in [0.717, 1.165) is 70.6 Å². The van der Waals surface area contributed by atoms with Gasteiger partial charge in [0, 0.05) is 12.3 Å². The van der Waals surface area contributed by atoms with Crippen LogP contribution in [0.3, 0.4) is 0 Å². The Labute approximate surface area is 185 Å². The number of esters is 1. The normalized spacial score (nSPS) is 23.0. The second-order valence-electron chi connectivity index (χ2n) is 9.83. The van der Waals surface area contributed by atoms with Gasteiger partial charge in [0.2, 0.25) is 0 Å². The highest BCUT2D eigenvalue weighted by molar-refractivity contribution is 5.69. The van der Waals surface area contributed by atoms with Crippen LogP contribution >= 0.6 is 0 Å². The lowest BCUT2D eigenvalue weighted by Crippen LogP contribution is -2.44. The van der Waals surface area contributed by atoms with Gasteiger partial charge in [-0.1, -0.05) is 71.4 Å². The molecule has 0 aromatic carbocycles. The molecule has 0 aromatic heterocycles. The Hall–Kier alpha value is -0.870. The Balaban J connectivity index is 2.55. The molecule has 1 aliphatic carbocycles. The van der Waals surface area contributed by atoms with Gasteiger partial charge in [-0.25, -0.2) is 0 Å². The van der Waals surface area contributed by atoms with Gasteiger partial charge in [0.1, 0.15) is 0 Å². The van der Waals surface area contributed by atoms with Crippen molar-refractivity contribution in [1.82, 2.24) is 0 Å². The van der Waals surface area contributed by atoms with Crippen molar-refractivity contribution >= 4 is 5.97 Å². The predicted octanol–water partition coefficient (Wildman–Crippen LogP) is 6.34. The van der Waals surface area contributed by atoms with E-state index in [4.69, 9.17) is 4.74 Å². The van der Waals surface area contributed by atoms with Gasteiger partial charge in [-0.3, -0.25) is 4.79 Å². The first-order valence-corrected chi connectivity index (χ1v) is 12.5. The van der Waals surface area contributed by atoms with Crippen LogP contribution in [-0.2, 0) is 9.53 Å². The third kappa shape index (κ3) is 8.34. The summed E-state index contributed by atoms with van der Waals surface area (Å²) < 4.78 is 4.97. The number of carbonyl (C=O) groups is 1. The molecule has 0 radical (unpaired) electrons. The third-order valence-corrected chi connectivity index (χ3v) is 7.32. The van der Waals surface area contributed by atoms with Gasteiger partial charge in [0.25, 0.3) is 0 Å². The van der Waals surface area contributed by atoms with Crippen molar-refractivity contribution in [2.24, 2.45) is 11.3 Å². The lowest BCUT2D eigenvalue weighted by atomic mass is 9.68. The number of carbonyl (C=O) groups excluding carboxylic acids is 1. The van der Waals surface area contributed by atoms with Gasteiger partial charge in [-0.15, -0.1) is 0 Å². The minimum Gasteiger partial charge on any atom is -0.466 e. The molecule has 4 heteroatoms. The second kappa shape index (κ2) is 13.5. The Kier molecular flexibility index (Phi) is 12.2. The highest BCUT2D eigenvalue weighted by Crippen LogP contribution is 2.43. The summed E-state index contributed by atoms with van der Waals surface area (Å²) in [4.78, 5) is 11.4. The van der Waals surface area contributed by atoms with Crippen LogP contribution in [0.4, 0.5) is 0 Å². The fraction of sp³-hybridized carbons (Fsp3) is 0.885. The average Bonchev–Trinajstić information content (AvgIpc) is 3.06. The molecule has 2 N–H and O–H groups in total. The van der Waals surface area contributed by atoms with E-state index in [0.29, 0.717) is 19.4 Å². The lowest BCUT2D eigenvalue weighted by Gasteiger charge is -2.42. The first-order valence-electron chi connectivity index (χ1n) is 12.5. The SMILES string of the molecule is CCCCC(C)(C)C(O)(CC)CC=C1CC[C@H](O)[C@@H]1CCCCCCC(=O)OCC. The summed E-state index contributed by atoms with van der Waals surface area (Å²) in [6.45, 7) is 11.0. The molecule has 1 aliphatic rings. The zero-order valence-corrected chi connectivity index (χ0v) is 20.3. The Morgan fingerprint density at radius 2 is 1.83 bits per heavy atom. The summed E-state index contributed by atoms with van der Waals surface area (Å²) in [7, 11) is 0. The fourth-order valence-corrected chi connectivity index (χ4v) is 4.85. The van der Waals surface area contributed by atoms with E-state index in [1.165, 1.54) is 5.57 Å². The molecule has 0 aromatic rings. The maximum atomic E-state index is 11.4. The smallest absolute Gasteiger partial charge is 0.305 e. The number of hydrogen-bond acceptors (Lipinski definition) is 4. The first kappa shape index (κ1) is 27.2. The van der Waals surface area contributed by atoms with Gasteiger partial charge in [0.05, 0.1) is 18.3 Å². The van der Waals surface area contributed by atoms with Crippen molar-refractivity contribution in [1.29, 1.82) is 0 Å². The van der Waals surface area contributed by atoms with Crippen molar-refractivity contribution in [2.45, 2.75) is 130 Å². The molecule has 1 unspecified atom stereocenters. The van der Waals surface area contributed by atoms with Crippen LogP contribution < -0.4 is 0 Å². The molecule has 0 heterocycles. The van der Waals surface area contributed by atoms with Crippen LogP contribution in [0, 0.1) is 11.3 Å².